The van der Waals surface area contributed by atoms with Gasteiger partial charge in [0.25, 0.3) is 5.91 Å². The minimum absolute atomic E-state index is 0.130. The van der Waals surface area contributed by atoms with Gasteiger partial charge in [0.2, 0.25) is 0 Å². The fraction of sp³-hybridized carbons (Fsp3) is 0.316. The Bertz CT molecular complexity index is 699. The number of nitrogens with zero attached hydrogens (tertiary/aromatic N) is 2. The van der Waals surface area contributed by atoms with Crippen molar-refractivity contribution in [3.63, 3.8) is 0 Å². The first kappa shape index (κ1) is 19.0. The van der Waals surface area contributed by atoms with Crippen LogP contribution in [-0.4, -0.2) is 42.9 Å². The molecule has 0 bridgehead atoms. The Balaban J connectivity index is 2.23. The van der Waals surface area contributed by atoms with E-state index in [0.29, 0.717) is 24.2 Å². The molecular formula is C19H21F3N2O. The first-order chi connectivity index (χ1) is 11.8. The van der Waals surface area contributed by atoms with Gasteiger partial charge in [0.15, 0.2) is 0 Å². The molecule has 2 rings (SSSR count). The van der Waals surface area contributed by atoms with Gasteiger partial charge in [-0.1, -0.05) is 30.3 Å². The van der Waals surface area contributed by atoms with Crippen LogP contribution in [0, 0.1) is 0 Å². The fourth-order valence-corrected chi connectivity index (χ4v) is 2.40. The van der Waals surface area contributed by atoms with Gasteiger partial charge >= 0.3 is 6.18 Å². The van der Waals surface area contributed by atoms with Crippen molar-refractivity contribution < 1.29 is 18.0 Å². The molecule has 3 nitrogen and oxygen atoms in total. The maximum atomic E-state index is 12.9. The predicted molar refractivity (Wildman–Crippen MR) is 91.2 cm³/mol. The summed E-state index contributed by atoms with van der Waals surface area (Å²) in [6.45, 7) is 1.18. The minimum Gasteiger partial charge on any atom is -0.333 e. The lowest BCUT2D eigenvalue weighted by Gasteiger charge is -2.25. The number of hydrogen-bond donors (Lipinski definition) is 0. The highest BCUT2D eigenvalue weighted by molar-refractivity contribution is 5.94. The van der Waals surface area contributed by atoms with Crippen molar-refractivity contribution in [2.45, 2.75) is 12.7 Å². The standard InChI is InChI=1S/C19H21F3N2O/c1-23(2)11-12-24(18(25)16-8-4-3-5-9-16)14-15-7-6-10-17(13-15)19(20,21)22/h3-10,13H,11-12,14H2,1-2H3. The van der Waals surface area contributed by atoms with E-state index in [9.17, 15) is 18.0 Å². The Morgan fingerprint density at radius 2 is 1.64 bits per heavy atom. The lowest BCUT2D eigenvalue weighted by atomic mass is 10.1. The normalized spacial score (nSPS) is 11.6. The number of rotatable bonds is 6. The second-order valence-electron chi connectivity index (χ2n) is 6.09. The molecule has 0 unspecified atom stereocenters. The Hall–Kier alpha value is -2.34. The van der Waals surface area contributed by atoms with E-state index in [-0.39, 0.29) is 12.5 Å². The van der Waals surface area contributed by atoms with Crippen molar-refractivity contribution in [3.8, 4) is 0 Å². The van der Waals surface area contributed by atoms with Crippen LogP contribution in [-0.2, 0) is 12.7 Å². The van der Waals surface area contributed by atoms with E-state index in [1.165, 1.54) is 6.07 Å². The van der Waals surface area contributed by atoms with Gasteiger partial charge in [-0.25, -0.2) is 0 Å². The van der Waals surface area contributed by atoms with Gasteiger partial charge in [-0.15, -0.1) is 0 Å². The van der Waals surface area contributed by atoms with E-state index in [0.717, 1.165) is 12.1 Å². The van der Waals surface area contributed by atoms with Crippen molar-refractivity contribution in [2.75, 3.05) is 27.2 Å². The molecule has 0 atom stereocenters. The second kappa shape index (κ2) is 8.16. The molecule has 0 N–H and O–H groups in total. The highest BCUT2D eigenvalue weighted by Crippen LogP contribution is 2.29. The average Bonchev–Trinajstić information content (AvgIpc) is 2.58. The molecule has 1 amide bonds. The van der Waals surface area contributed by atoms with Crippen LogP contribution in [0.5, 0.6) is 0 Å². The zero-order chi connectivity index (χ0) is 18.4. The van der Waals surface area contributed by atoms with Crippen molar-refractivity contribution in [1.82, 2.24) is 9.80 Å². The summed E-state index contributed by atoms with van der Waals surface area (Å²) in [7, 11) is 3.77. The van der Waals surface area contributed by atoms with E-state index >= 15 is 0 Å². The quantitative estimate of drug-likeness (QED) is 0.789. The van der Waals surface area contributed by atoms with Crippen molar-refractivity contribution in [3.05, 3.63) is 71.3 Å². The summed E-state index contributed by atoms with van der Waals surface area (Å²) in [6, 6.07) is 13.9. The lowest BCUT2D eigenvalue weighted by molar-refractivity contribution is -0.137. The molecule has 0 aliphatic heterocycles. The Labute approximate surface area is 145 Å². The van der Waals surface area contributed by atoms with Gasteiger partial charge in [-0.3, -0.25) is 4.79 Å². The Kier molecular flexibility index (Phi) is 6.20. The van der Waals surface area contributed by atoms with Crippen LogP contribution in [0.25, 0.3) is 0 Å². The maximum absolute atomic E-state index is 12.9. The van der Waals surface area contributed by atoms with Crippen LogP contribution in [0.4, 0.5) is 13.2 Å². The summed E-state index contributed by atoms with van der Waals surface area (Å²) in [5.74, 6) is -0.195. The second-order valence-corrected chi connectivity index (χ2v) is 6.09. The van der Waals surface area contributed by atoms with Gasteiger partial charge in [-0.2, -0.15) is 13.2 Å². The molecule has 134 valence electrons. The van der Waals surface area contributed by atoms with Crippen molar-refractivity contribution in [1.29, 1.82) is 0 Å². The first-order valence-corrected chi connectivity index (χ1v) is 7.92. The summed E-state index contributed by atoms with van der Waals surface area (Å²) in [6.07, 6.45) is -4.39. The molecule has 0 heterocycles. The Morgan fingerprint density at radius 3 is 2.24 bits per heavy atom. The highest BCUT2D eigenvalue weighted by Gasteiger charge is 2.30. The van der Waals surface area contributed by atoms with E-state index in [2.05, 4.69) is 0 Å². The molecule has 2 aromatic carbocycles. The SMILES string of the molecule is CN(C)CCN(Cc1cccc(C(F)(F)F)c1)C(=O)c1ccccc1. The molecule has 0 aromatic heterocycles. The van der Waals surface area contributed by atoms with Crippen molar-refractivity contribution >= 4 is 5.91 Å². The summed E-state index contributed by atoms with van der Waals surface area (Å²) in [4.78, 5) is 16.2. The van der Waals surface area contributed by atoms with Crippen LogP contribution >= 0.6 is 0 Å². The lowest BCUT2D eigenvalue weighted by Crippen LogP contribution is -2.36. The third kappa shape index (κ3) is 5.60. The predicted octanol–water partition coefficient (Wildman–Crippen LogP) is 3.91. The molecule has 0 saturated carbocycles. The number of benzene rings is 2. The van der Waals surface area contributed by atoms with Crippen molar-refractivity contribution in [2.24, 2.45) is 0 Å². The van der Waals surface area contributed by atoms with E-state index in [1.54, 1.807) is 35.2 Å². The van der Waals surface area contributed by atoms with Gasteiger partial charge < -0.3 is 9.80 Å². The first-order valence-electron chi connectivity index (χ1n) is 7.92. The number of likely N-dealkylation sites (N-methyl/N-ethyl adjacent to an activating group) is 1. The summed E-state index contributed by atoms with van der Waals surface area (Å²) < 4.78 is 38.7. The van der Waals surface area contributed by atoms with Crippen LogP contribution in [0.15, 0.2) is 54.6 Å². The molecule has 0 aliphatic rings. The number of halogens is 3. The summed E-state index contributed by atoms with van der Waals surface area (Å²) >= 11 is 0. The van der Waals surface area contributed by atoms with E-state index in [4.69, 9.17) is 0 Å². The van der Waals surface area contributed by atoms with Gasteiger partial charge in [0, 0.05) is 25.2 Å². The smallest absolute Gasteiger partial charge is 0.333 e. The third-order valence-corrected chi connectivity index (χ3v) is 3.75. The molecule has 0 radical (unpaired) electrons. The fourth-order valence-electron chi connectivity index (χ4n) is 2.40. The van der Waals surface area contributed by atoms with E-state index < -0.39 is 11.7 Å². The zero-order valence-electron chi connectivity index (χ0n) is 14.3. The molecule has 2 aromatic rings. The minimum atomic E-state index is -4.39. The van der Waals surface area contributed by atoms with E-state index in [1.807, 2.05) is 25.1 Å². The average molecular weight is 350 g/mol. The topological polar surface area (TPSA) is 23.6 Å². The monoisotopic (exact) mass is 350 g/mol. The Morgan fingerprint density at radius 1 is 0.960 bits per heavy atom. The largest absolute Gasteiger partial charge is 0.416 e. The number of carbonyl (C=O) groups excluding carboxylic acids is 1. The molecule has 0 fully saturated rings. The highest BCUT2D eigenvalue weighted by atomic mass is 19.4. The maximum Gasteiger partial charge on any atom is 0.416 e. The number of amides is 1. The number of alkyl halides is 3. The molecule has 6 heteroatoms. The molecular weight excluding hydrogens is 329 g/mol. The van der Waals surface area contributed by atoms with Gasteiger partial charge in [-0.05, 0) is 43.9 Å². The number of carbonyl (C=O) groups is 1. The van der Waals surface area contributed by atoms with Crippen LogP contribution in [0.3, 0.4) is 0 Å². The number of hydrogen-bond acceptors (Lipinski definition) is 2. The van der Waals surface area contributed by atoms with Crippen LogP contribution in [0.1, 0.15) is 21.5 Å². The molecule has 0 spiro atoms. The molecule has 25 heavy (non-hydrogen) atoms. The summed E-state index contributed by atoms with van der Waals surface area (Å²) in [5, 5.41) is 0. The molecule has 0 aliphatic carbocycles. The van der Waals surface area contributed by atoms with Gasteiger partial charge in [0.1, 0.15) is 0 Å². The zero-order valence-corrected chi connectivity index (χ0v) is 14.3. The third-order valence-electron chi connectivity index (χ3n) is 3.75. The molecule has 0 saturated heterocycles. The van der Waals surface area contributed by atoms with Gasteiger partial charge in [0.05, 0.1) is 5.56 Å². The van der Waals surface area contributed by atoms with Crippen LogP contribution in [0.2, 0.25) is 0 Å². The summed E-state index contributed by atoms with van der Waals surface area (Å²) in [5.41, 5.74) is 0.274. The van der Waals surface area contributed by atoms with Crippen LogP contribution < -0.4 is 0 Å².